The van der Waals surface area contributed by atoms with Gasteiger partial charge in [0.15, 0.2) is 0 Å². The number of carbonyl (C=O) groups is 1. The van der Waals surface area contributed by atoms with E-state index in [-0.39, 0.29) is 11.9 Å². The largest absolute Gasteiger partial charge is 0.356 e. The molecule has 1 rings (SSSR count). The van der Waals surface area contributed by atoms with E-state index in [9.17, 15) is 4.79 Å². The lowest BCUT2D eigenvalue weighted by molar-refractivity contribution is -0.122. The number of nitrogens with two attached hydrogens (primary N) is 1. The zero-order valence-corrected chi connectivity index (χ0v) is 11.4. The fraction of sp³-hybridized carbons (Fsp3) is 0.923. The molecule has 100 valence electrons. The monoisotopic (exact) mass is 241 g/mol. The Hall–Kier alpha value is -0.610. The van der Waals surface area contributed by atoms with Gasteiger partial charge in [0.05, 0.1) is 0 Å². The average molecular weight is 241 g/mol. The van der Waals surface area contributed by atoms with Crippen molar-refractivity contribution in [2.24, 2.45) is 11.7 Å². The third-order valence-corrected chi connectivity index (χ3v) is 3.65. The molecule has 0 aliphatic carbocycles. The summed E-state index contributed by atoms with van der Waals surface area (Å²) in [4.78, 5) is 14.1. The Morgan fingerprint density at radius 1 is 1.53 bits per heavy atom. The van der Waals surface area contributed by atoms with Crippen LogP contribution < -0.4 is 11.1 Å². The highest BCUT2D eigenvalue weighted by Gasteiger charge is 2.32. The molecule has 0 aromatic rings. The number of amides is 1. The number of hydrogen-bond donors (Lipinski definition) is 2. The Morgan fingerprint density at radius 3 is 2.76 bits per heavy atom. The smallest absolute Gasteiger partial charge is 0.221 e. The molecule has 17 heavy (non-hydrogen) atoms. The standard InChI is InChI=1S/C13H27N3O/c1-4-15-13(17)8-11(9-14)16-7-5-6-12(16)10(2)3/h10-12H,4-9,14H2,1-3H3,(H,15,17). The minimum absolute atomic E-state index is 0.123. The maximum Gasteiger partial charge on any atom is 0.221 e. The molecule has 0 aromatic heterocycles. The van der Waals surface area contributed by atoms with Crippen molar-refractivity contribution in [2.75, 3.05) is 19.6 Å². The number of nitrogens with zero attached hydrogens (tertiary/aromatic N) is 1. The molecule has 1 aliphatic heterocycles. The molecule has 0 aromatic carbocycles. The molecule has 0 spiro atoms. The normalized spacial score (nSPS) is 23.0. The van der Waals surface area contributed by atoms with Crippen molar-refractivity contribution in [3.8, 4) is 0 Å². The van der Waals surface area contributed by atoms with Gasteiger partial charge in [-0.05, 0) is 32.2 Å². The number of nitrogens with one attached hydrogen (secondary N) is 1. The minimum Gasteiger partial charge on any atom is -0.356 e. The van der Waals surface area contributed by atoms with E-state index in [2.05, 4.69) is 24.1 Å². The highest BCUT2D eigenvalue weighted by molar-refractivity contribution is 5.76. The first-order valence-corrected chi connectivity index (χ1v) is 6.82. The second kappa shape index (κ2) is 6.97. The Balaban J connectivity index is 2.57. The zero-order chi connectivity index (χ0) is 12.8. The topological polar surface area (TPSA) is 58.4 Å². The molecule has 2 atom stereocenters. The van der Waals surface area contributed by atoms with Crippen molar-refractivity contribution in [3.63, 3.8) is 0 Å². The van der Waals surface area contributed by atoms with Gasteiger partial charge in [0.25, 0.3) is 0 Å². The Labute approximate surface area is 105 Å². The SMILES string of the molecule is CCNC(=O)CC(CN)N1CCCC1C(C)C. The van der Waals surface area contributed by atoms with E-state index in [1.165, 1.54) is 12.8 Å². The van der Waals surface area contributed by atoms with Gasteiger partial charge in [0.2, 0.25) is 5.91 Å². The first-order chi connectivity index (χ1) is 8.10. The summed E-state index contributed by atoms with van der Waals surface area (Å²) in [6.07, 6.45) is 3.01. The van der Waals surface area contributed by atoms with Crippen molar-refractivity contribution >= 4 is 5.91 Å². The summed E-state index contributed by atoms with van der Waals surface area (Å²) < 4.78 is 0. The fourth-order valence-electron chi connectivity index (χ4n) is 2.80. The predicted octanol–water partition coefficient (Wildman–Crippen LogP) is 0.960. The van der Waals surface area contributed by atoms with E-state index in [0.717, 1.165) is 6.54 Å². The highest BCUT2D eigenvalue weighted by Crippen LogP contribution is 2.26. The number of rotatable bonds is 6. The molecule has 0 saturated carbocycles. The molecule has 4 nitrogen and oxygen atoms in total. The van der Waals surface area contributed by atoms with Crippen molar-refractivity contribution in [2.45, 2.75) is 52.1 Å². The van der Waals surface area contributed by atoms with Crippen molar-refractivity contribution in [1.29, 1.82) is 0 Å². The van der Waals surface area contributed by atoms with Crippen LogP contribution in [0, 0.1) is 5.92 Å². The molecule has 3 N–H and O–H groups in total. The van der Waals surface area contributed by atoms with Gasteiger partial charge in [-0.1, -0.05) is 13.8 Å². The van der Waals surface area contributed by atoms with E-state index >= 15 is 0 Å². The maximum absolute atomic E-state index is 11.7. The molecule has 1 fully saturated rings. The third-order valence-electron chi connectivity index (χ3n) is 3.65. The molecular weight excluding hydrogens is 214 g/mol. The van der Waals surface area contributed by atoms with Gasteiger partial charge in [0, 0.05) is 31.6 Å². The van der Waals surface area contributed by atoms with E-state index < -0.39 is 0 Å². The van der Waals surface area contributed by atoms with Gasteiger partial charge >= 0.3 is 0 Å². The lowest BCUT2D eigenvalue weighted by atomic mass is 10.00. The summed E-state index contributed by atoms with van der Waals surface area (Å²) in [6, 6.07) is 0.800. The summed E-state index contributed by atoms with van der Waals surface area (Å²) in [5.74, 6) is 0.762. The highest BCUT2D eigenvalue weighted by atomic mass is 16.1. The van der Waals surface area contributed by atoms with Gasteiger partial charge in [-0.3, -0.25) is 9.69 Å². The quantitative estimate of drug-likeness (QED) is 0.728. The maximum atomic E-state index is 11.7. The van der Waals surface area contributed by atoms with Gasteiger partial charge in [-0.15, -0.1) is 0 Å². The lowest BCUT2D eigenvalue weighted by Gasteiger charge is -2.34. The van der Waals surface area contributed by atoms with Crippen molar-refractivity contribution < 1.29 is 4.79 Å². The van der Waals surface area contributed by atoms with Crippen LogP contribution in [0.4, 0.5) is 0 Å². The van der Waals surface area contributed by atoms with E-state index in [1.807, 2.05) is 6.92 Å². The van der Waals surface area contributed by atoms with Crippen LogP contribution >= 0.6 is 0 Å². The summed E-state index contributed by atoms with van der Waals surface area (Å²) in [7, 11) is 0. The third kappa shape index (κ3) is 3.96. The molecule has 1 saturated heterocycles. The summed E-state index contributed by atoms with van der Waals surface area (Å²) in [6.45, 7) is 8.81. The van der Waals surface area contributed by atoms with Crippen LogP contribution in [0.5, 0.6) is 0 Å². The van der Waals surface area contributed by atoms with Gasteiger partial charge in [0.1, 0.15) is 0 Å². The first-order valence-electron chi connectivity index (χ1n) is 6.82. The van der Waals surface area contributed by atoms with Gasteiger partial charge in [-0.25, -0.2) is 0 Å². The van der Waals surface area contributed by atoms with Crippen LogP contribution in [0.15, 0.2) is 0 Å². The molecule has 4 heteroatoms. The second-order valence-electron chi connectivity index (χ2n) is 5.24. The van der Waals surface area contributed by atoms with E-state index in [1.54, 1.807) is 0 Å². The predicted molar refractivity (Wildman–Crippen MR) is 70.7 cm³/mol. The molecular formula is C13H27N3O. The van der Waals surface area contributed by atoms with Crippen LogP contribution in [-0.4, -0.2) is 42.5 Å². The fourth-order valence-corrected chi connectivity index (χ4v) is 2.80. The Kier molecular flexibility index (Phi) is 5.92. The summed E-state index contributed by atoms with van der Waals surface area (Å²) in [5, 5.41) is 2.86. The average Bonchev–Trinajstić information content (AvgIpc) is 2.75. The van der Waals surface area contributed by atoms with Crippen molar-refractivity contribution in [1.82, 2.24) is 10.2 Å². The Morgan fingerprint density at radius 2 is 2.24 bits per heavy atom. The van der Waals surface area contributed by atoms with Crippen LogP contribution in [-0.2, 0) is 4.79 Å². The Bertz CT molecular complexity index is 243. The number of hydrogen-bond acceptors (Lipinski definition) is 3. The van der Waals surface area contributed by atoms with Crippen LogP contribution in [0.2, 0.25) is 0 Å². The number of likely N-dealkylation sites (tertiary alicyclic amines) is 1. The van der Waals surface area contributed by atoms with Crippen LogP contribution in [0.3, 0.4) is 0 Å². The van der Waals surface area contributed by atoms with E-state index in [0.29, 0.717) is 31.5 Å². The molecule has 1 aliphatic rings. The second-order valence-corrected chi connectivity index (χ2v) is 5.24. The lowest BCUT2D eigenvalue weighted by Crippen LogP contribution is -2.47. The van der Waals surface area contributed by atoms with E-state index in [4.69, 9.17) is 5.73 Å². The van der Waals surface area contributed by atoms with Gasteiger partial charge in [-0.2, -0.15) is 0 Å². The van der Waals surface area contributed by atoms with Gasteiger partial charge < -0.3 is 11.1 Å². The molecule has 1 amide bonds. The first kappa shape index (κ1) is 14.5. The van der Waals surface area contributed by atoms with Crippen molar-refractivity contribution in [3.05, 3.63) is 0 Å². The summed E-state index contributed by atoms with van der Waals surface area (Å²) in [5.41, 5.74) is 5.84. The number of carbonyl (C=O) groups excluding carboxylic acids is 1. The molecule has 1 heterocycles. The molecule has 0 radical (unpaired) electrons. The van der Waals surface area contributed by atoms with Crippen LogP contribution in [0.25, 0.3) is 0 Å². The summed E-state index contributed by atoms with van der Waals surface area (Å²) >= 11 is 0. The minimum atomic E-state index is 0.123. The molecule has 0 bridgehead atoms. The zero-order valence-electron chi connectivity index (χ0n) is 11.4. The molecule has 2 unspecified atom stereocenters. The van der Waals surface area contributed by atoms with Crippen LogP contribution in [0.1, 0.15) is 40.0 Å².